The first-order valence-corrected chi connectivity index (χ1v) is 8.03. The maximum absolute atomic E-state index is 13.7. The predicted molar refractivity (Wildman–Crippen MR) is 82.2 cm³/mol. The van der Waals surface area contributed by atoms with Crippen LogP contribution in [0.2, 0.25) is 0 Å². The largest absolute Gasteiger partial charge is 0.350 e. The number of hydrogen-bond acceptors (Lipinski definition) is 3. The van der Waals surface area contributed by atoms with Crippen LogP contribution in [0.15, 0.2) is 42.0 Å². The highest BCUT2D eigenvalue weighted by molar-refractivity contribution is 7.15. The van der Waals surface area contributed by atoms with Crippen LogP contribution in [0.1, 0.15) is 23.6 Å². The van der Waals surface area contributed by atoms with Gasteiger partial charge in [0.2, 0.25) is 5.91 Å². The minimum absolute atomic E-state index is 0.00620. The molecule has 2 heterocycles. The van der Waals surface area contributed by atoms with Crippen molar-refractivity contribution in [3.8, 4) is 0 Å². The van der Waals surface area contributed by atoms with Gasteiger partial charge in [-0.15, -0.1) is 11.3 Å². The van der Waals surface area contributed by atoms with Gasteiger partial charge in [-0.05, 0) is 24.0 Å². The standard InChI is InChI=1S/C16H14FN3OS/c17-14-4-2-1-3-11(14)12-7-13(12)15(21)18-8-10-9-20-5-6-22-16(20)19-10/h1-6,9,12-13H,7-8H2,(H,18,21). The van der Waals surface area contributed by atoms with Gasteiger partial charge in [-0.25, -0.2) is 9.37 Å². The van der Waals surface area contributed by atoms with E-state index in [1.807, 2.05) is 28.2 Å². The number of nitrogens with one attached hydrogen (secondary N) is 1. The van der Waals surface area contributed by atoms with E-state index in [1.54, 1.807) is 23.5 Å². The number of aromatic nitrogens is 2. The summed E-state index contributed by atoms with van der Waals surface area (Å²) < 4.78 is 15.6. The zero-order valence-electron chi connectivity index (χ0n) is 11.7. The second-order valence-electron chi connectivity index (χ2n) is 5.51. The van der Waals surface area contributed by atoms with E-state index in [0.29, 0.717) is 18.5 Å². The van der Waals surface area contributed by atoms with E-state index >= 15 is 0 Å². The maximum atomic E-state index is 13.7. The topological polar surface area (TPSA) is 46.4 Å². The Bertz CT molecular complexity index is 812. The molecule has 1 amide bonds. The lowest BCUT2D eigenvalue weighted by atomic mass is 10.1. The first-order chi connectivity index (χ1) is 10.7. The first kappa shape index (κ1) is 13.5. The third-order valence-electron chi connectivity index (χ3n) is 4.02. The molecule has 6 heteroatoms. The molecule has 4 nitrogen and oxygen atoms in total. The molecular weight excluding hydrogens is 301 g/mol. The van der Waals surface area contributed by atoms with Crippen LogP contribution in [0, 0.1) is 11.7 Å². The number of benzene rings is 1. The van der Waals surface area contributed by atoms with E-state index in [4.69, 9.17) is 0 Å². The molecule has 2 atom stereocenters. The molecule has 2 aromatic heterocycles. The third-order valence-corrected chi connectivity index (χ3v) is 4.79. The summed E-state index contributed by atoms with van der Waals surface area (Å²) in [6.45, 7) is 0.410. The summed E-state index contributed by atoms with van der Waals surface area (Å²) in [5.74, 6) is -0.367. The van der Waals surface area contributed by atoms with Crippen LogP contribution in [0.5, 0.6) is 0 Å². The Hall–Kier alpha value is -2.21. The van der Waals surface area contributed by atoms with Crippen molar-refractivity contribution < 1.29 is 9.18 Å². The van der Waals surface area contributed by atoms with Crippen molar-refractivity contribution in [3.05, 3.63) is 59.1 Å². The van der Waals surface area contributed by atoms with E-state index in [-0.39, 0.29) is 23.6 Å². The minimum Gasteiger partial charge on any atom is -0.350 e. The smallest absolute Gasteiger partial charge is 0.224 e. The third kappa shape index (κ3) is 2.39. The zero-order chi connectivity index (χ0) is 15.1. The highest BCUT2D eigenvalue weighted by atomic mass is 32.1. The molecule has 0 bridgehead atoms. The lowest BCUT2D eigenvalue weighted by Gasteiger charge is -2.04. The van der Waals surface area contributed by atoms with Gasteiger partial charge in [0.25, 0.3) is 0 Å². The van der Waals surface area contributed by atoms with Gasteiger partial charge in [0.05, 0.1) is 12.2 Å². The van der Waals surface area contributed by atoms with E-state index in [9.17, 15) is 9.18 Å². The van der Waals surface area contributed by atoms with E-state index in [2.05, 4.69) is 10.3 Å². The van der Waals surface area contributed by atoms with Crippen molar-refractivity contribution in [1.82, 2.24) is 14.7 Å². The minimum atomic E-state index is -0.225. The highest BCUT2D eigenvalue weighted by Crippen LogP contribution is 2.48. The molecule has 1 aliphatic rings. The number of amides is 1. The second-order valence-corrected chi connectivity index (χ2v) is 6.39. The summed E-state index contributed by atoms with van der Waals surface area (Å²) in [6, 6.07) is 6.68. The molecule has 1 fully saturated rings. The quantitative estimate of drug-likeness (QED) is 0.804. The van der Waals surface area contributed by atoms with E-state index in [1.165, 1.54) is 6.07 Å². The fourth-order valence-corrected chi connectivity index (χ4v) is 3.49. The molecule has 1 aliphatic carbocycles. The number of fused-ring (bicyclic) bond motifs is 1. The summed E-state index contributed by atoms with van der Waals surface area (Å²) >= 11 is 1.56. The molecule has 1 aromatic carbocycles. The van der Waals surface area contributed by atoms with Crippen LogP contribution in [0.4, 0.5) is 4.39 Å². The highest BCUT2D eigenvalue weighted by Gasteiger charge is 2.44. The fraction of sp³-hybridized carbons (Fsp3) is 0.250. The summed E-state index contributed by atoms with van der Waals surface area (Å²) in [7, 11) is 0. The van der Waals surface area contributed by atoms with Crippen LogP contribution in [0.3, 0.4) is 0 Å². The molecule has 2 unspecified atom stereocenters. The van der Waals surface area contributed by atoms with Gasteiger partial charge in [-0.3, -0.25) is 9.20 Å². The Balaban J connectivity index is 1.37. The van der Waals surface area contributed by atoms with Crippen LogP contribution >= 0.6 is 11.3 Å². The predicted octanol–water partition coefficient (Wildman–Crippen LogP) is 2.95. The van der Waals surface area contributed by atoms with Crippen LogP contribution in [0.25, 0.3) is 4.96 Å². The van der Waals surface area contributed by atoms with Crippen molar-refractivity contribution in [3.63, 3.8) is 0 Å². The SMILES string of the molecule is O=C(NCc1cn2ccsc2n1)C1CC1c1ccccc1F. The molecule has 3 aromatic rings. The number of imidazole rings is 1. The molecular formula is C16H14FN3OS. The Labute approximate surface area is 130 Å². The number of carbonyl (C=O) groups excluding carboxylic acids is 1. The van der Waals surface area contributed by atoms with Crippen molar-refractivity contribution in [1.29, 1.82) is 0 Å². The average molecular weight is 315 g/mol. The van der Waals surface area contributed by atoms with Gasteiger partial charge in [-0.2, -0.15) is 0 Å². The van der Waals surface area contributed by atoms with Gasteiger partial charge < -0.3 is 5.32 Å². The van der Waals surface area contributed by atoms with Crippen molar-refractivity contribution in [2.24, 2.45) is 5.92 Å². The van der Waals surface area contributed by atoms with Gasteiger partial charge in [0.1, 0.15) is 5.82 Å². The molecule has 0 radical (unpaired) electrons. The number of halogens is 1. The van der Waals surface area contributed by atoms with Crippen LogP contribution in [-0.2, 0) is 11.3 Å². The number of hydrogen-bond donors (Lipinski definition) is 1. The summed E-state index contributed by atoms with van der Waals surface area (Å²) in [5, 5.41) is 4.86. The Morgan fingerprint density at radius 1 is 1.45 bits per heavy atom. The van der Waals surface area contributed by atoms with E-state index < -0.39 is 0 Å². The summed E-state index contributed by atoms with van der Waals surface area (Å²) in [4.78, 5) is 17.5. The normalized spacial score (nSPS) is 20.2. The number of thiazole rings is 1. The summed E-state index contributed by atoms with van der Waals surface area (Å²) in [6.07, 6.45) is 4.56. The van der Waals surface area contributed by atoms with E-state index in [0.717, 1.165) is 10.7 Å². The Kier molecular flexibility index (Phi) is 3.18. The molecule has 1 saturated carbocycles. The fourth-order valence-electron chi connectivity index (χ4n) is 2.77. The van der Waals surface area contributed by atoms with Crippen molar-refractivity contribution in [2.75, 3.05) is 0 Å². The van der Waals surface area contributed by atoms with Gasteiger partial charge >= 0.3 is 0 Å². The molecule has 112 valence electrons. The van der Waals surface area contributed by atoms with Gasteiger partial charge in [0.15, 0.2) is 4.96 Å². The monoisotopic (exact) mass is 315 g/mol. The lowest BCUT2D eigenvalue weighted by molar-refractivity contribution is -0.122. The number of carbonyl (C=O) groups is 1. The Morgan fingerprint density at radius 2 is 2.32 bits per heavy atom. The van der Waals surface area contributed by atoms with Gasteiger partial charge in [-0.1, -0.05) is 18.2 Å². The molecule has 22 heavy (non-hydrogen) atoms. The average Bonchev–Trinajstić information content (AvgIpc) is 3.02. The second kappa shape index (κ2) is 5.21. The molecule has 0 saturated heterocycles. The Morgan fingerprint density at radius 3 is 3.14 bits per heavy atom. The summed E-state index contributed by atoms with van der Waals surface area (Å²) in [5.41, 5.74) is 1.48. The number of rotatable bonds is 4. The molecule has 4 rings (SSSR count). The van der Waals surface area contributed by atoms with Crippen LogP contribution < -0.4 is 5.32 Å². The lowest BCUT2D eigenvalue weighted by Crippen LogP contribution is -2.25. The van der Waals surface area contributed by atoms with Crippen LogP contribution in [-0.4, -0.2) is 15.3 Å². The van der Waals surface area contributed by atoms with Crippen molar-refractivity contribution in [2.45, 2.75) is 18.9 Å². The molecule has 0 aliphatic heterocycles. The first-order valence-electron chi connectivity index (χ1n) is 7.15. The molecule has 0 spiro atoms. The van der Waals surface area contributed by atoms with Gasteiger partial charge in [0, 0.05) is 23.7 Å². The zero-order valence-corrected chi connectivity index (χ0v) is 12.5. The number of nitrogens with zero attached hydrogens (tertiary/aromatic N) is 2. The maximum Gasteiger partial charge on any atom is 0.224 e. The van der Waals surface area contributed by atoms with Crippen molar-refractivity contribution >= 4 is 22.2 Å². The molecule has 1 N–H and O–H groups in total.